The molecule has 0 unspecified atom stereocenters. The van der Waals surface area contributed by atoms with Crippen molar-refractivity contribution in [2.24, 2.45) is 0 Å². The second-order valence-corrected chi connectivity index (χ2v) is 4.32. The summed E-state index contributed by atoms with van der Waals surface area (Å²) >= 11 is 7.97. The first-order valence-corrected chi connectivity index (χ1v) is 5.22. The van der Waals surface area contributed by atoms with Crippen LogP contribution < -0.4 is 0 Å². The topological polar surface area (TPSA) is 17.1 Å². The van der Waals surface area contributed by atoms with E-state index >= 15 is 0 Å². The van der Waals surface area contributed by atoms with E-state index in [9.17, 15) is 4.79 Å². The van der Waals surface area contributed by atoms with E-state index in [-0.39, 0.29) is 5.78 Å². The smallest absolute Gasteiger partial charge is 0.196 e. The van der Waals surface area contributed by atoms with Crippen LogP contribution in [0.4, 0.5) is 0 Å². The summed E-state index contributed by atoms with van der Waals surface area (Å²) in [5, 5.41) is 1.86. The molecular weight excluding hydrogens is 292 g/mol. The maximum absolute atomic E-state index is 11.1. The molecule has 0 atom stereocenters. The lowest BCUT2D eigenvalue weighted by Gasteiger charge is -1.89. The molecule has 1 rings (SSSR count). The summed E-state index contributed by atoms with van der Waals surface area (Å²) in [6.45, 7) is 3.41. The zero-order chi connectivity index (χ0) is 8.43. The Balaban J connectivity index is 3.14. The Kier molecular flexibility index (Phi) is 3.04. The van der Waals surface area contributed by atoms with E-state index in [1.165, 1.54) is 17.4 Å². The standard InChI is InChI=1S/C7H4Br2OS/c1-2-5(10)7-6(9)4(8)3-11-7/h2-3H,1H2. The molecule has 1 aromatic heterocycles. The molecule has 0 aliphatic rings. The van der Waals surface area contributed by atoms with Gasteiger partial charge in [0.25, 0.3) is 0 Å². The zero-order valence-electron chi connectivity index (χ0n) is 5.43. The van der Waals surface area contributed by atoms with Gasteiger partial charge >= 0.3 is 0 Å². The van der Waals surface area contributed by atoms with Crippen LogP contribution in [-0.4, -0.2) is 5.78 Å². The van der Waals surface area contributed by atoms with Gasteiger partial charge in [-0.15, -0.1) is 11.3 Å². The number of ketones is 1. The number of allylic oxidation sites excluding steroid dienone is 1. The van der Waals surface area contributed by atoms with Gasteiger partial charge in [-0.1, -0.05) is 6.58 Å². The minimum absolute atomic E-state index is 0.0485. The summed E-state index contributed by atoms with van der Waals surface area (Å²) < 4.78 is 1.72. The van der Waals surface area contributed by atoms with Crippen LogP contribution in [0.3, 0.4) is 0 Å². The lowest BCUT2D eigenvalue weighted by Crippen LogP contribution is -1.88. The molecule has 0 amide bonds. The summed E-state index contributed by atoms with van der Waals surface area (Å²) in [6, 6.07) is 0. The molecule has 0 fully saturated rings. The van der Waals surface area contributed by atoms with Crippen LogP contribution in [0.1, 0.15) is 9.67 Å². The number of hydrogen-bond acceptors (Lipinski definition) is 2. The minimum Gasteiger partial charge on any atom is -0.288 e. The molecule has 1 nitrogen and oxygen atoms in total. The number of thiophene rings is 1. The molecule has 0 saturated carbocycles. The van der Waals surface area contributed by atoms with Crippen molar-refractivity contribution in [2.45, 2.75) is 0 Å². The van der Waals surface area contributed by atoms with Gasteiger partial charge in [0.05, 0.1) is 9.35 Å². The highest BCUT2D eigenvalue weighted by molar-refractivity contribution is 9.13. The summed E-state index contributed by atoms with van der Waals surface area (Å²) in [7, 11) is 0. The highest BCUT2D eigenvalue weighted by atomic mass is 79.9. The molecular formula is C7H4Br2OS. The van der Waals surface area contributed by atoms with Gasteiger partial charge < -0.3 is 0 Å². The van der Waals surface area contributed by atoms with Crippen molar-refractivity contribution in [3.63, 3.8) is 0 Å². The molecule has 0 saturated heterocycles. The quantitative estimate of drug-likeness (QED) is 0.601. The van der Waals surface area contributed by atoms with E-state index in [4.69, 9.17) is 0 Å². The molecule has 0 aliphatic carbocycles. The van der Waals surface area contributed by atoms with Crippen LogP contribution in [0.25, 0.3) is 0 Å². The van der Waals surface area contributed by atoms with Crippen LogP contribution >= 0.6 is 43.2 Å². The maximum atomic E-state index is 11.1. The zero-order valence-corrected chi connectivity index (χ0v) is 9.42. The molecule has 58 valence electrons. The molecule has 4 heteroatoms. The van der Waals surface area contributed by atoms with Crippen molar-refractivity contribution in [1.82, 2.24) is 0 Å². The Hall–Kier alpha value is 0.0700. The summed E-state index contributed by atoms with van der Waals surface area (Å²) in [5.41, 5.74) is 0. The van der Waals surface area contributed by atoms with Crippen molar-refractivity contribution in [1.29, 1.82) is 0 Å². The molecule has 0 spiro atoms. The van der Waals surface area contributed by atoms with Crippen LogP contribution in [0.5, 0.6) is 0 Å². The van der Waals surface area contributed by atoms with Crippen molar-refractivity contribution < 1.29 is 4.79 Å². The summed E-state index contributed by atoms with van der Waals surface area (Å²) in [5.74, 6) is -0.0485. The second kappa shape index (κ2) is 3.65. The van der Waals surface area contributed by atoms with Gasteiger partial charge in [0.1, 0.15) is 0 Å². The monoisotopic (exact) mass is 294 g/mol. The van der Waals surface area contributed by atoms with Gasteiger partial charge in [-0.3, -0.25) is 4.79 Å². The highest BCUT2D eigenvalue weighted by Crippen LogP contribution is 2.32. The van der Waals surface area contributed by atoms with Gasteiger partial charge in [-0.05, 0) is 37.9 Å². The van der Waals surface area contributed by atoms with E-state index < -0.39 is 0 Å². The first kappa shape index (κ1) is 9.16. The summed E-state index contributed by atoms with van der Waals surface area (Å²) in [6.07, 6.45) is 1.31. The third-order valence-electron chi connectivity index (χ3n) is 1.10. The van der Waals surface area contributed by atoms with E-state index in [0.717, 1.165) is 8.95 Å². The fourth-order valence-corrected chi connectivity index (χ4v) is 2.69. The lowest BCUT2D eigenvalue weighted by molar-refractivity contribution is 0.105. The highest BCUT2D eigenvalue weighted by Gasteiger charge is 2.11. The number of halogens is 2. The van der Waals surface area contributed by atoms with Gasteiger partial charge in [0.2, 0.25) is 0 Å². The van der Waals surface area contributed by atoms with E-state index in [2.05, 4.69) is 38.4 Å². The molecule has 0 radical (unpaired) electrons. The first-order valence-electron chi connectivity index (χ1n) is 2.76. The summed E-state index contributed by atoms with van der Waals surface area (Å²) in [4.78, 5) is 11.8. The van der Waals surface area contributed by atoms with Crippen molar-refractivity contribution in [3.05, 3.63) is 31.9 Å². The fourth-order valence-electron chi connectivity index (χ4n) is 0.582. The third-order valence-corrected chi connectivity index (χ3v) is 4.64. The van der Waals surface area contributed by atoms with Gasteiger partial charge in [0.15, 0.2) is 5.78 Å². The van der Waals surface area contributed by atoms with E-state index in [1.807, 2.05) is 5.38 Å². The van der Waals surface area contributed by atoms with E-state index in [1.54, 1.807) is 0 Å². The lowest BCUT2D eigenvalue weighted by atomic mass is 10.3. The van der Waals surface area contributed by atoms with Crippen molar-refractivity contribution in [2.75, 3.05) is 0 Å². The largest absolute Gasteiger partial charge is 0.288 e. The molecule has 0 aromatic carbocycles. The molecule has 0 bridgehead atoms. The maximum Gasteiger partial charge on any atom is 0.196 e. The average molecular weight is 296 g/mol. The number of hydrogen-bond donors (Lipinski definition) is 0. The Labute approximate surface area is 85.4 Å². The SMILES string of the molecule is C=CC(=O)c1scc(Br)c1Br. The van der Waals surface area contributed by atoms with E-state index in [0.29, 0.717) is 4.88 Å². The predicted molar refractivity (Wildman–Crippen MR) is 54.2 cm³/mol. The Bertz CT molecular complexity index is 303. The van der Waals surface area contributed by atoms with Gasteiger partial charge in [-0.25, -0.2) is 0 Å². The fraction of sp³-hybridized carbons (Fsp3) is 0. The van der Waals surface area contributed by atoms with Crippen LogP contribution in [0.15, 0.2) is 27.0 Å². The average Bonchev–Trinajstić information content (AvgIpc) is 2.32. The molecule has 0 aliphatic heterocycles. The number of carbonyl (C=O) groups is 1. The third kappa shape index (κ3) is 1.80. The first-order chi connectivity index (χ1) is 5.16. The Morgan fingerprint density at radius 1 is 1.64 bits per heavy atom. The number of rotatable bonds is 2. The normalized spacial score (nSPS) is 9.64. The molecule has 11 heavy (non-hydrogen) atoms. The van der Waals surface area contributed by atoms with Gasteiger partial charge in [0, 0.05) is 9.85 Å². The van der Waals surface area contributed by atoms with Crippen molar-refractivity contribution in [3.8, 4) is 0 Å². The minimum atomic E-state index is -0.0485. The Morgan fingerprint density at radius 2 is 2.27 bits per heavy atom. The molecule has 1 heterocycles. The molecule has 1 aromatic rings. The van der Waals surface area contributed by atoms with Gasteiger partial charge in [-0.2, -0.15) is 0 Å². The Morgan fingerprint density at radius 3 is 2.64 bits per heavy atom. The van der Waals surface area contributed by atoms with Crippen molar-refractivity contribution >= 4 is 49.0 Å². The number of carbonyl (C=O) groups excluding carboxylic acids is 1. The van der Waals surface area contributed by atoms with Crippen LogP contribution in [-0.2, 0) is 0 Å². The second-order valence-electron chi connectivity index (χ2n) is 1.80. The molecule has 0 N–H and O–H groups in total. The predicted octanol–water partition coefficient (Wildman–Crippen LogP) is 3.64. The van der Waals surface area contributed by atoms with Crippen LogP contribution in [0, 0.1) is 0 Å². The van der Waals surface area contributed by atoms with Crippen LogP contribution in [0.2, 0.25) is 0 Å².